The molecule has 3 aromatic rings. The summed E-state index contributed by atoms with van der Waals surface area (Å²) in [6.07, 6.45) is 3.29. The van der Waals surface area contributed by atoms with Gasteiger partial charge in [-0.15, -0.1) is 0 Å². The quantitative estimate of drug-likeness (QED) is 0.578. The maximum atomic E-state index is 13.8. The lowest BCUT2D eigenvalue weighted by atomic mass is 10.1. The molecule has 3 rings (SSSR count). The average molecular weight is 440 g/mol. The van der Waals surface area contributed by atoms with Crippen LogP contribution < -0.4 is 10.1 Å². The van der Waals surface area contributed by atoms with Crippen molar-refractivity contribution < 1.29 is 17.9 Å². The van der Waals surface area contributed by atoms with E-state index in [1.165, 1.54) is 30.5 Å². The van der Waals surface area contributed by atoms with Crippen molar-refractivity contribution in [1.82, 2.24) is 9.29 Å². The van der Waals surface area contributed by atoms with Crippen molar-refractivity contribution in [2.24, 2.45) is 0 Å². The number of aryl methyl sites for hydroxylation is 1. The molecular weight excluding hydrogens is 414 g/mol. The van der Waals surface area contributed by atoms with Crippen LogP contribution >= 0.6 is 0 Å². The van der Waals surface area contributed by atoms with Gasteiger partial charge in [-0.1, -0.05) is 30.3 Å². The van der Waals surface area contributed by atoms with Crippen molar-refractivity contribution >= 4 is 21.6 Å². The van der Waals surface area contributed by atoms with Gasteiger partial charge in [0.1, 0.15) is 10.6 Å². The first-order valence-corrected chi connectivity index (χ1v) is 11.1. The Bertz CT molecular complexity index is 1160. The SMILES string of the molecule is COc1ccc(NC(C)=O)cc1S(=O)(=O)N(Cc1cccnc1)Cc1ccccc1C. The molecule has 0 saturated carbocycles. The Labute approximate surface area is 182 Å². The second kappa shape index (κ2) is 9.72. The Hall–Kier alpha value is -3.23. The maximum Gasteiger partial charge on any atom is 0.247 e. The van der Waals surface area contributed by atoms with Crippen LogP contribution in [-0.2, 0) is 27.9 Å². The second-order valence-electron chi connectivity index (χ2n) is 7.11. The van der Waals surface area contributed by atoms with E-state index in [2.05, 4.69) is 10.3 Å². The summed E-state index contributed by atoms with van der Waals surface area (Å²) in [5.74, 6) is -0.0873. The minimum Gasteiger partial charge on any atom is -0.495 e. The molecule has 0 saturated heterocycles. The first-order valence-electron chi connectivity index (χ1n) is 9.70. The van der Waals surface area contributed by atoms with Gasteiger partial charge in [0.05, 0.1) is 7.11 Å². The molecule has 0 aliphatic heterocycles. The van der Waals surface area contributed by atoms with Crippen molar-refractivity contribution in [3.63, 3.8) is 0 Å². The van der Waals surface area contributed by atoms with Crippen molar-refractivity contribution in [2.45, 2.75) is 31.8 Å². The zero-order chi connectivity index (χ0) is 22.4. The lowest BCUT2D eigenvalue weighted by molar-refractivity contribution is -0.114. The van der Waals surface area contributed by atoms with Gasteiger partial charge < -0.3 is 10.1 Å². The van der Waals surface area contributed by atoms with Crippen LogP contribution in [0.1, 0.15) is 23.6 Å². The highest BCUT2D eigenvalue weighted by molar-refractivity contribution is 7.89. The minimum absolute atomic E-state index is 0.0151. The molecule has 0 radical (unpaired) electrons. The fourth-order valence-corrected chi connectivity index (χ4v) is 4.78. The van der Waals surface area contributed by atoms with Gasteiger partial charge in [0, 0.05) is 38.1 Å². The molecule has 1 N–H and O–H groups in total. The van der Waals surface area contributed by atoms with E-state index in [0.717, 1.165) is 16.7 Å². The molecular formula is C23H25N3O4S. The molecule has 0 spiro atoms. The number of amides is 1. The summed E-state index contributed by atoms with van der Waals surface area (Å²) >= 11 is 0. The third kappa shape index (κ3) is 5.48. The predicted octanol–water partition coefficient (Wildman–Crippen LogP) is 3.75. The number of aromatic nitrogens is 1. The molecule has 0 unspecified atom stereocenters. The van der Waals surface area contributed by atoms with Gasteiger partial charge in [0.2, 0.25) is 15.9 Å². The van der Waals surface area contributed by atoms with E-state index in [1.807, 2.05) is 37.3 Å². The summed E-state index contributed by atoms with van der Waals surface area (Å²) in [6, 6.07) is 15.8. The fraction of sp³-hybridized carbons (Fsp3) is 0.217. The number of nitrogens with one attached hydrogen (secondary N) is 1. The molecule has 8 heteroatoms. The summed E-state index contributed by atoms with van der Waals surface area (Å²) < 4.78 is 34.3. The third-order valence-electron chi connectivity index (χ3n) is 4.79. The van der Waals surface area contributed by atoms with E-state index < -0.39 is 10.0 Å². The first kappa shape index (κ1) is 22.5. The summed E-state index contributed by atoms with van der Waals surface area (Å²) in [5, 5.41) is 2.63. The van der Waals surface area contributed by atoms with Gasteiger partial charge in [-0.2, -0.15) is 4.31 Å². The number of nitrogens with zero attached hydrogens (tertiary/aromatic N) is 2. The fourth-order valence-electron chi connectivity index (χ4n) is 3.20. The van der Waals surface area contributed by atoms with Gasteiger partial charge in [0.15, 0.2) is 0 Å². The van der Waals surface area contributed by atoms with E-state index in [-0.39, 0.29) is 29.6 Å². The number of sulfonamides is 1. The van der Waals surface area contributed by atoms with Crippen molar-refractivity contribution in [1.29, 1.82) is 0 Å². The van der Waals surface area contributed by atoms with Gasteiger partial charge >= 0.3 is 0 Å². The zero-order valence-corrected chi connectivity index (χ0v) is 18.5. The molecule has 7 nitrogen and oxygen atoms in total. The largest absolute Gasteiger partial charge is 0.495 e. The molecule has 0 fully saturated rings. The molecule has 0 bridgehead atoms. The number of hydrogen-bond donors (Lipinski definition) is 1. The molecule has 0 aliphatic rings. The smallest absolute Gasteiger partial charge is 0.247 e. The number of ether oxygens (including phenoxy) is 1. The zero-order valence-electron chi connectivity index (χ0n) is 17.7. The Morgan fingerprint density at radius 3 is 2.52 bits per heavy atom. The lowest BCUT2D eigenvalue weighted by Gasteiger charge is -2.24. The highest BCUT2D eigenvalue weighted by Crippen LogP contribution is 2.31. The number of carbonyl (C=O) groups is 1. The molecule has 1 amide bonds. The van der Waals surface area contributed by atoms with Gasteiger partial charge in [0.25, 0.3) is 0 Å². The Morgan fingerprint density at radius 2 is 1.87 bits per heavy atom. The Balaban J connectivity index is 2.08. The second-order valence-corrected chi connectivity index (χ2v) is 9.01. The molecule has 162 valence electrons. The summed E-state index contributed by atoms with van der Waals surface area (Å²) in [7, 11) is -2.57. The summed E-state index contributed by atoms with van der Waals surface area (Å²) in [5.41, 5.74) is 3.03. The number of carbonyl (C=O) groups excluding carboxylic acids is 1. The van der Waals surface area contributed by atoms with E-state index in [4.69, 9.17) is 4.74 Å². The number of methoxy groups -OCH3 is 1. The van der Waals surface area contributed by atoms with Crippen LogP contribution in [0.5, 0.6) is 5.75 Å². The molecule has 1 aromatic heterocycles. The maximum absolute atomic E-state index is 13.8. The molecule has 0 aliphatic carbocycles. The van der Waals surface area contributed by atoms with Crippen LogP contribution in [0.4, 0.5) is 5.69 Å². The molecule has 1 heterocycles. The monoisotopic (exact) mass is 439 g/mol. The van der Waals surface area contributed by atoms with E-state index in [9.17, 15) is 13.2 Å². The van der Waals surface area contributed by atoms with Crippen molar-refractivity contribution in [2.75, 3.05) is 12.4 Å². The van der Waals surface area contributed by atoms with Gasteiger partial charge in [-0.05, 0) is 47.9 Å². The summed E-state index contributed by atoms with van der Waals surface area (Å²) in [4.78, 5) is 15.6. The highest BCUT2D eigenvalue weighted by Gasteiger charge is 2.29. The van der Waals surface area contributed by atoms with Crippen LogP contribution in [0, 0.1) is 6.92 Å². The van der Waals surface area contributed by atoms with E-state index in [0.29, 0.717) is 5.69 Å². The highest BCUT2D eigenvalue weighted by atomic mass is 32.2. The van der Waals surface area contributed by atoms with Crippen LogP contribution in [0.3, 0.4) is 0 Å². The standard InChI is InChI=1S/C23H25N3O4S/c1-17-7-4-5-9-20(17)16-26(15-19-8-6-12-24-14-19)31(28,29)23-13-21(25-18(2)27)10-11-22(23)30-3/h4-14H,15-16H2,1-3H3,(H,25,27). The number of rotatable bonds is 8. The first-order chi connectivity index (χ1) is 14.8. The number of hydrogen-bond acceptors (Lipinski definition) is 5. The average Bonchev–Trinajstić information content (AvgIpc) is 2.75. The van der Waals surface area contributed by atoms with Crippen LogP contribution in [0.25, 0.3) is 0 Å². The number of anilines is 1. The minimum atomic E-state index is -3.99. The molecule has 0 atom stereocenters. The van der Waals surface area contributed by atoms with Crippen molar-refractivity contribution in [3.05, 3.63) is 83.7 Å². The van der Waals surface area contributed by atoms with Gasteiger partial charge in [-0.3, -0.25) is 9.78 Å². The predicted molar refractivity (Wildman–Crippen MR) is 119 cm³/mol. The third-order valence-corrected chi connectivity index (χ3v) is 6.60. The van der Waals surface area contributed by atoms with Crippen LogP contribution in [0.2, 0.25) is 0 Å². The molecule has 2 aromatic carbocycles. The number of pyridine rings is 1. The Morgan fingerprint density at radius 1 is 1.10 bits per heavy atom. The summed E-state index contributed by atoms with van der Waals surface area (Å²) in [6.45, 7) is 3.63. The number of benzene rings is 2. The Kier molecular flexibility index (Phi) is 7.04. The van der Waals surface area contributed by atoms with Gasteiger partial charge in [-0.25, -0.2) is 8.42 Å². The van der Waals surface area contributed by atoms with E-state index >= 15 is 0 Å². The van der Waals surface area contributed by atoms with Crippen LogP contribution in [0.15, 0.2) is 71.9 Å². The topological polar surface area (TPSA) is 88.6 Å². The normalized spacial score (nSPS) is 11.4. The lowest BCUT2D eigenvalue weighted by Crippen LogP contribution is -2.31. The van der Waals surface area contributed by atoms with E-state index in [1.54, 1.807) is 24.5 Å². The van der Waals surface area contributed by atoms with Crippen molar-refractivity contribution in [3.8, 4) is 5.75 Å². The molecule has 31 heavy (non-hydrogen) atoms. The van der Waals surface area contributed by atoms with Crippen LogP contribution in [-0.4, -0.2) is 30.7 Å².